The number of esters is 1. The van der Waals surface area contributed by atoms with Gasteiger partial charge in [-0.15, -0.1) is 6.42 Å². The Morgan fingerprint density at radius 2 is 0.653 bits per heavy atom. The van der Waals surface area contributed by atoms with E-state index in [4.69, 9.17) is 33.2 Å². The van der Waals surface area contributed by atoms with Gasteiger partial charge in [0, 0.05) is 31.6 Å². The van der Waals surface area contributed by atoms with Crippen LogP contribution in [0.4, 0.5) is 0 Å². The summed E-state index contributed by atoms with van der Waals surface area (Å²) in [4.78, 5) is 17.3. The van der Waals surface area contributed by atoms with Crippen molar-refractivity contribution >= 4 is 5.97 Å². The fourth-order valence-electron chi connectivity index (χ4n) is 24.0. The Hall–Kier alpha value is -0.242. The number of unbranched alkanes of at least 4 members (excludes halogenated alkanes) is 89. The van der Waals surface area contributed by atoms with Crippen LogP contribution in [0.15, 0.2) is 0 Å². The van der Waals surface area contributed by atoms with Gasteiger partial charge in [0.2, 0.25) is 0 Å². The molecule has 2 aliphatic rings. The summed E-state index contributed by atoms with van der Waals surface area (Å²) in [5, 5.41) is 36.0. The van der Waals surface area contributed by atoms with E-state index >= 15 is 4.79 Å². The minimum Gasteiger partial charge on any atom is -0.459 e. The number of hydrogen-bond donors (Lipinski definition) is 3. The van der Waals surface area contributed by atoms with E-state index in [0.29, 0.717) is 38.9 Å². The number of hydrogen-bond acceptors (Lipinski definition) is 12. The number of aliphatic hydroxyl groups excluding tert-OH is 2. The smallest absolute Gasteiger partial charge is 0.459 e. The summed E-state index contributed by atoms with van der Waals surface area (Å²) in [6.45, 7) is 27.2. The summed E-state index contributed by atoms with van der Waals surface area (Å²) in [5.74, 6) is -1.98. The fourth-order valence-corrected chi connectivity index (χ4v) is 24.0. The molecule has 144 heavy (non-hydrogen) atoms. The first-order valence-electron chi connectivity index (χ1n) is 65.0. The summed E-state index contributed by atoms with van der Waals surface area (Å²) in [5.41, 5.74) is -3.03. The van der Waals surface area contributed by atoms with Crippen LogP contribution in [0.25, 0.3) is 0 Å². The molecule has 0 amide bonds. The minimum absolute atomic E-state index is 0. The largest absolute Gasteiger partial charge is 2.00 e. The first-order valence-corrected chi connectivity index (χ1v) is 65.0. The number of carbonyl (C=O) groups excluding carboxylic acids is 1. The van der Waals surface area contributed by atoms with Gasteiger partial charge in [0.25, 0.3) is 0 Å². The second kappa shape index (κ2) is 101. The van der Waals surface area contributed by atoms with E-state index in [1.165, 1.54) is 552 Å². The molecular weight excluding hydrogens is 1950 g/mol. The minimum atomic E-state index is -1.53. The third kappa shape index (κ3) is 77.2. The van der Waals surface area contributed by atoms with E-state index in [0.717, 1.165) is 32.1 Å². The van der Waals surface area contributed by atoms with E-state index in [9.17, 15) is 15.3 Å². The van der Waals surface area contributed by atoms with Crippen molar-refractivity contribution in [2.45, 2.75) is 779 Å². The van der Waals surface area contributed by atoms with Gasteiger partial charge in [0.1, 0.15) is 12.2 Å². The maximum atomic E-state index is 15.2. The first kappa shape index (κ1) is 142. The molecule has 2 rings (SSSR count). The van der Waals surface area contributed by atoms with Gasteiger partial charge in [-0.25, -0.2) is 0 Å². The maximum absolute atomic E-state index is 15.2. The van der Waals surface area contributed by atoms with Crippen molar-refractivity contribution in [1.82, 2.24) is 4.90 Å². The van der Waals surface area contributed by atoms with Crippen LogP contribution in [0.2, 0.25) is 0 Å². The van der Waals surface area contributed by atoms with Crippen LogP contribution in [-0.4, -0.2) is 132 Å². The predicted octanol–water partition coefficient (Wildman–Crippen LogP) is 40.6. The van der Waals surface area contributed by atoms with Crippen molar-refractivity contribution in [2.24, 2.45) is 17.3 Å². The molecule has 0 aromatic rings. The second-order valence-electron chi connectivity index (χ2n) is 48.7. The fraction of sp³-hybridized carbons (Fsp3) is 0.977. The van der Waals surface area contributed by atoms with Crippen LogP contribution in [0.5, 0.6) is 0 Å². The third-order valence-electron chi connectivity index (χ3n) is 33.9. The van der Waals surface area contributed by atoms with Gasteiger partial charge in [-0.2, -0.15) is 13.8 Å². The van der Waals surface area contributed by atoms with E-state index < -0.39 is 89.7 Å². The van der Waals surface area contributed by atoms with E-state index in [-0.39, 0.29) is 33.2 Å². The molecule has 0 spiro atoms. The molecule has 0 bridgehead atoms. The first-order chi connectivity index (χ1) is 69.6. The Kier molecular flexibility index (Phi) is 99.2. The average Bonchev–Trinajstić information content (AvgIpc) is 0.773. The van der Waals surface area contributed by atoms with Gasteiger partial charge in [0.15, 0.2) is 12.6 Å². The Balaban J connectivity index is 0.000104. The summed E-state index contributed by atoms with van der Waals surface area (Å²) < 4.78 is 47.7. The Morgan fingerprint density at radius 3 is 0.889 bits per heavy atom. The van der Waals surface area contributed by atoms with Crippen LogP contribution in [0, 0.1) is 30.1 Å². The van der Waals surface area contributed by atoms with Crippen molar-refractivity contribution in [1.29, 1.82) is 0 Å². The van der Waals surface area contributed by atoms with Crippen molar-refractivity contribution in [3.8, 4) is 0 Å². The van der Waals surface area contributed by atoms with Crippen molar-refractivity contribution < 1.29 is 74.3 Å². The SMILES string of the molecule is C[CH-]C[C@@](C)(OCCCCCCCCCCCCCCCCCCCCCCCCCCCCCCCCCCCCCCCCCCCCCCC)[C@H](OC1OC(C)CC(N(C)C)C1O)[C@@H](C)[C@H](OC1CC(C)(C)C(O)C(C)O1)[C@@H](C)C(=O)O[C@H](CC)[C@@](C)(O)[C@@H]([CH-]C)OCCCCCCCCCCCCCCCCCCCCCCCCCCCCCCCCCCCCCCCCCCCCCCCC.[W+2]. The Bertz CT molecular complexity index is 2610. The normalized spacial score (nSPS) is 19.3. The van der Waals surface area contributed by atoms with Crippen molar-refractivity contribution in [3.63, 3.8) is 0 Å². The molecule has 2 aliphatic heterocycles. The number of carbonyl (C=O) groups is 1. The van der Waals surface area contributed by atoms with Crippen LogP contribution in [0.1, 0.15) is 700 Å². The predicted molar refractivity (Wildman–Crippen MR) is 620 cm³/mol. The average molecular weight is 2210 g/mol. The van der Waals surface area contributed by atoms with Gasteiger partial charge in [0.05, 0.1) is 47.6 Å². The molecule has 12 nitrogen and oxygen atoms in total. The van der Waals surface area contributed by atoms with E-state index in [2.05, 4.69) is 34.1 Å². The molecule has 2 saturated heterocycles. The molecule has 2 heterocycles. The van der Waals surface area contributed by atoms with Gasteiger partial charge in [-0.3, -0.25) is 4.79 Å². The van der Waals surface area contributed by atoms with E-state index in [1.54, 1.807) is 6.92 Å². The standard InChI is InChI=1S/C131H257NO11.W/c1-16-21-23-25-27-29-31-33-35-37-39-41-43-45-47-49-51-53-55-57-59-61-63-65-67-68-70-72-74-76-78-80-82-84-86-88-90-92-94-96-98-100-102-104-106-108-111-137-120(19-4)131(13,136)121(20-5)141-127(135)117(8)124(142-122-114-129(10,11)125(134)118(9)140-122)116(7)126(143-128-123(133)119(132(14)15)113-115(6)139-128)130(12,110-18-3)138-112-109-107-105-103-101-99-97-95-93-91-89-87-85-83-81-79-77-75-73-71-69-66-64-62-60-58-56-54-52-50-48-46-44-42-40-38-36-34-32-30-28-26-24-22-17-2;/h18-19,115-126,128,133-134,136H,16-17,20-114H2,1-15H3;/q-2;+2/t115?,116-,117+,118?,119?,120+,121+,122?,123?,124-,125?,126+,128?,130+,131-;/m0./s1. The molecule has 0 aromatic heterocycles. The quantitative estimate of drug-likeness (QED) is 0.0303. The van der Waals surface area contributed by atoms with Crippen LogP contribution in [0.3, 0.4) is 0 Å². The van der Waals surface area contributed by atoms with Crippen LogP contribution in [-0.2, 0) is 59.0 Å². The molecule has 3 N–H and O–H groups in total. The third-order valence-corrected chi connectivity index (χ3v) is 33.9. The second-order valence-corrected chi connectivity index (χ2v) is 48.7. The topological polar surface area (TPSA) is 146 Å². The molecule has 13 heteroatoms. The Morgan fingerprint density at radius 1 is 0.396 bits per heavy atom. The zero-order valence-electron chi connectivity index (χ0n) is 99.7. The molecule has 0 aromatic carbocycles. The Labute approximate surface area is 915 Å². The van der Waals surface area contributed by atoms with Crippen LogP contribution < -0.4 is 0 Å². The van der Waals surface area contributed by atoms with Gasteiger partial charge < -0.3 is 66.2 Å². The summed E-state index contributed by atoms with van der Waals surface area (Å²) in [7, 11) is 3.97. The molecule has 0 radical (unpaired) electrons. The summed E-state index contributed by atoms with van der Waals surface area (Å²) in [6, 6.07) is -0.216. The molecular formula is C131H257NO11W. The molecule has 7 unspecified atom stereocenters. The molecule has 858 valence electrons. The van der Waals surface area contributed by atoms with Crippen LogP contribution >= 0.6 is 0 Å². The maximum Gasteiger partial charge on any atom is 2.00 e. The number of rotatable bonds is 112. The summed E-state index contributed by atoms with van der Waals surface area (Å²) >= 11 is 0. The van der Waals surface area contributed by atoms with Gasteiger partial charge in [-0.1, -0.05) is 613 Å². The van der Waals surface area contributed by atoms with Crippen molar-refractivity contribution in [2.75, 3.05) is 27.3 Å². The molecule has 2 fully saturated rings. The number of nitrogens with zero attached hydrogens (tertiary/aromatic N) is 1. The molecule has 0 saturated carbocycles. The monoisotopic (exact) mass is 2200 g/mol. The zero-order valence-corrected chi connectivity index (χ0v) is 103. The molecule has 15 atom stereocenters. The number of likely N-dealkylation sites (N-methyl/N-ethyl adjacent to an activating group) is 1. The zero-order chi connectivity index (χ0) is 104. The van der Waals surface area contributed by atoms with Gasteiger partial charge >= 0.3 is 27.0 Å². The number of ether oxygens (including phenoxy) is 7. The van der Waals surface area contributed by atoms with Crippen molar-refractivity contribution in [3.05, 3.63) is 12.8 Å². The van der Waals surface area contributed by atoms with E-state index in [1.807, 2.05) is 80.8 Å². The van der Waals surface area contributed by atoms with Gasteiger partial charge in [-0.05, 0) is 85.9 Å². The number of aliphatic hydroxyl groups is 3. The summed E-state index contributed by atoms with van der Waals surface area (Å²) in [6.07, 6.45) is 127. The molecule has 0 aliphatic carbocycles.